The average Bonchev–Trinajstić information content (AvgIpc) is 3.08. The van der Waals surface area contributed by atoms with Crippen LogP contribution in [0.25, 0.3) is 17.5 Å². The molecule has 0 aliphatic rings. The summed E-state index contributed by atoms with van der Waals surface area (Å²) in [5.41, 5.74) is 2.92. The van der Waals surface area contributed by atoms with Crippen LogP contribution in [-0.4, -0.2) is 16.1 Å². The summed E-state index contributed by atoms with van der Waals surface area (Å²) in [6.07, 6.45) is 3.09. The zero-order valence-corrected chi connectivity index (χ0v) is 13.2. The Bertz CT molecular complexity index is 854. The predicted octanol–water partition coefficient (Wildman–Crippen LogP) is 3.80. The molecule has 3 aromatic rings. The highest BCUT2D eigenvalue weighted by atomic mass is 16.6. The molecule has 0 atom stereocenters. The highest BCUT2D eigenvalue weighted by Crippen LogP contribution is 2.15. The first-order valence-corrected chi connectivity index (χ1v) is 7.50. The van der Waals surface area contributed by atoms with E-state index in [2.05, 4.69) is 10.1 Å². The minimum atomic E-state index is -0.462. The van der Waals surface area contributed by atoms with Crippen LogP contribution in [-0.2, 0) is 16.1 Å². The lowest BCUT2D eigenvalue weighted by Crippen LogP contribution is -2.01. The van der Waals surface area contributed by atoms with Gasteiger partial charge in [-0.05, 0) is 18.6 Å². The van der Waals surface area contributed by atoms with E-state index in [4.69, 9.17) is 9.26 Å². The first kappa shape index (κ1) is 15.7. The summed E-state index contributed by atoms with van der Waals surface area (Å²) < 4.78 is 10.2. The molecule has 5 nitrogen and oxygen atoms in total. The molecule has 120 valence electrons. The number of ether oxygens (including phenoxy) is 1. The van der Waals surface area contributed by atoms with E-state index in [1.165, 1.54) is 6.08 Å². The van der Waals surface area contributed by atoms with Crippen molar-refractivity contribution in [3.8, 4) is 11.4 Å². The summed E-state index contributed by atoms with van der Waals surface area (Å²) in [4.78, 5) is 16.0. The van der Waals surface area contributed by atoms with Crippen LogP contribution in [0.4, 0.5) is 0 Å². The second kappa shape index (κ2) is 7.37. The molecule has 0 saturated heterocycles. The first-order valence-electron chi connectivity index (χ1n) is 7.50. The van der Waals surface area contributed by atoms with Crippen molar-refractivity contribution < 1.29 is 14.1 Å². The molecule has 0 spiro atoms. The van der Waals surface area contributed by atoms with Crippen LogP contribution in [0.2, 0.25) is 0 Å². The van der Waals surface area contributed by atoms with Crippen molar-refractivity contribution in [3.05, 3.63) is 77.7 Å². The zero-order valence-electron chi connectivity index (χ0n) is 13.2. The molecular weight excluding hydrogens is 304 g/mol. The Labute approximate surface area is 139 Å². The van der Waals surface area contributed by atoms with Gasteiger partial charge in [-0.3, -0.25) is 0 Å². The van der Waals surface area contributed by atoms with Gasteiger partial charge in [-0.25, -0.2) is 4.79 Å². The lowest BCUT2D eigenvalue weighted by Gasteiger charge is -1.97. The molecule has 0 amide bonds. The van der Waals surface area contributed by atoms with Crippen molar-refractivity contribution in [3.63, 3.8) is 0 Å². The minimum Gasteiger partial charge on any atom is -0.452 e. The van der Waals surface area contributed by atoms with Crippen LogP contribution in [0.15, 0.2) is 65.2 Å². The van der Waals surface area contributed by atoms with Gasteiger partial charge >= 0.3 is 5.97 Å². The number of rotatable bonds is 5. The third-order valence-corrected chi connectivity index (χ3v) is 3.29. The number of carbonyl (C=O) groups is 1. The Morgan fingerprint density at radius 2 is 2.00 bits per heavy atom. The van der Waals surface area contributed by atoms with E-state index in [9.17, 15) is 4.79 Å². The number of esters is 1. The van der Waals surface area contributed by atoms with Crippen LogP contribution in [0.3, 0.4) is 0 Å². The smallest absolute Gasteiger partial charge is 0.331 e. The molecule has 3 rings (SSSR count). The zero-order chi connectivity index (χ0) is 16.8. The van der Waals surface area contributed by atoms with Crippen molar-refractivity contribution in [1.82, 2.24) is 10.1 Å². The summed E-state index contributed by atoms with van der Waals surface area (Å²) in [7, 11) is 0. The second-order valence-corrected chi connectivity index (χ2v) is 5.23. The van der Waals surface area contributed by atoms with E-state index >= 15 is 0 Å². The summed E-state index contributed by atoms with van der Waals surface area (Å²) >= 11 is 0. The van der Waals surface area contributed by atoms with Crippen LogP contribution < -0.4 is 0 Å². The molecule has 0 bridgehead atoms. The molecule has 0 saturated carbocycles. The molecular formula is C19H16N2O3. The van der Waals surface area contributed by atoms with Crippen molar-refractivity contribution in [1.29, 1.82) is 0 Å². The van der Waals surface area contributed by atoms with Crippen molar-refractivity contribution >= 4 is 12.0 Å². The highest BCUT2D eigenvalue weighted by molar-refractivity contribution is 5.87. The van der Waals surface area contributed by atoms with E-state index in [0.29, 0.717) is 5.82 Å². The summed E-state index contributed by atoms with van der Waals surface area (Å²) in [5.74, 6) is 0.263. The SMILES string of the molecule is Cc1cccc(C=CC(=O)OCc2nc(-c3ccccc3)no2)c1. The van der Waals surface area contributed by atoms with E-state index < -0.39 is 5.97 Å². The number of nitrogens with zero attached hydrogens (tertiary/aromatic N) is 2. The summed E-state index contributed by atoms with van der Waals surface area (Å²) in [5, 5.41) is 3.87. The fraction of sp³-hybridized carbons (Fsp3) is 0.105. The average molecular weight is 320 g/mol. The Morgan fingerprint density at radius 1 is 1.17 bits per heavy atom. The van der Waals surface area contributed by atoms with Crippen LogP contribution in [0, 0.1) is 6.92 Å². The number of hydrogen-bond acceptors (Lipinski definition) is 5. The van der Waals surface area contributed by atoms with E-state index in [-0.39, 0.29) is 12.5 Å². The monoisotopic (exact) mass is 320 g/mol. The van der Waals surface area contributed by atoms with Crippen molar-refractivity contribution in [2.75, 3.05) is 0 Å². The van der Waals surface area contributed by atoms with Gasteiger partial charge in [-0.15, -0.1) is 0 Å². The second-order valence-electron chi connectivity index (χ2n) is 5.23. The van der Waals surface area contributed by atoms with Crippen molar-refractivity contribution in [2.24, 2.45) is 0 Å². The molecule has 0 aliphatic heterocycles. The fourth-order valence-corrected chi connectivity index (χ4v) is 2.14. The fourth-order valence-electron chi connectivity index (χ4n) is 2.14. The van der Waals surface area contributed by atoms with E-state index in [1.807, 2.05) is 61.5 Å². The van der Waals surface area contributed by atoms with Gasteiger partial charge in [0.2, 0.25) is 5.82 Å². The number of hydrogen-bond donors (Lipinski definition) is 0. The third-order valence-electron chi connectivity index (χ3n) is 3.29. The van der Waals surface area contributed by atoms with Gasteiger partial charge in [0, 0.05) is 11.6 Å². The standard InChI is InChI=1S/C19H16N2O3/c1-14-6-5-7-15(12-14)10-11-18(22)23-13-17-20-19(21-24-17)16-8-3-2-4-9-16/h2-12H,13H2,1H3. The van der Waals surface area contributed by atoms with E-state index in [1.54, 1.807) is 6.08 Å². The Kier molecular flexibility index (Phi) is 4.81. The van der Waals surface area contributed by atoms with Gasteiger partial charge in [0.1, 0.15) is 0 Å². The maximum atomic E-state index is 11.8. The normalized spacial score (nSPS) is 10.9. The van der Waals surface area contributed by atoms with Crippen LogP contribution in [0.5, 0.6) is 0 Å². The van der Waals surface area contributed by atoms with Gasteiger partial charge in [-0.1, -0.05) is 65.3 Å². The van der Waals surface area contributed by atoms with Gasteiger partial charge in [0.25, 0.3) is 5.89 Å². The quantitative estimate of drug-likeness (QED) is 0.528. The maximum Gasteiger partial charge on any atom is 0.331 e. The van der Waals surface area contributed by atoms with Gasteiger partial charge in [-0.2, -0.15) is 4.98 Å². The molecule has 5 heteroatoms. The van der Waals surface area contributed by atoms with Gasteiger partial charge < -0.3 is 9.26 Å². The molecule has 1 heterocycles. The number of aryl methyl sites for hydroxylation is 1. The molecule has 0 unspecified atom stereocenters. The predicted molar refractivity (Wildman–Crippen MR) is 89.7 cm³/mol. The number of carbonyl (C=O) groups excluding carboxylic acids is 1. The Balaban J connectivity index is 1.56. The summed E-state index contributed by atoms with van der Waals surface area (Å²) in [6.45, 7) is 1.94. The number of aromatic nitrogens is 2. The topological polar surface area (TPSA) is 65.2 Å². The van der Waals surface area contributed by atoms with Gasteiger partial charge in [0.05, 0.1) is 0 Å². The lowest BCUT2D eigenvalue weighted by atomic mass is 10.1. The Morgan fingerprint density at radius 3 is 2.79 bits per heavy atom. The lowest BCUT2D eigenvalue weighted by molar-refractivity contribution is -0.139. The molecule has 0 fully saturated rings. The molecule has 0 aliphatic carbocycles. The molecule has 0 N–H and O–H groups in total. The minimum absolute atomic E-state index is 0.0587. The Hall–Kier alpha value is -3.21. The largest absolute Gasteiger partial charge is 0.452 e. The van der Waals surface area contributed by atoms with Gasteiger partial charge in [0.15, 0.2) is 6.61 Å². The third kappa shape index (κ3) is 4.16. The van der Waals surface area contributed by atoms with Crippen LogP contribution >= 0.6 is 0 Å². The molecule has 24 heavy (non-hydrogen) atoms. The van der Waals surface area contributed by atoms with Crippen molar-refractivity contribution in [2.45, 2.75) is 13.5 Å². The van der Waals surface area contributed by atoms with E-state index in [0.717, 1.165) is 16.7 Å². The summed E-state index contributed by atoms with van der Waals surface area (Å²) in [6, 6.07) is 17.3. The number of benzene rings is 2. The highest BCUT2D eigenvalue weighted by Gasteiger charge is 2.09. The molecule has 1 aromatic heterocycles. The molecule has 0 radical (unpaired) electrons. The first-order chi connectivity index (χ1) is 11.7. The van der Waals surface area contributed by atoms with Crippen LogP contribution in [0.1, 0.15) is 17.0 Å². The molecule has 2 aromatic carbocycles. The maximum absolute atomic E-state index is 11.8.